The van der Waals surface area contributed by atoms with Crippen molar-refractivity contribution in [3.63, 3.8) is 0 Å². The fraction of sp³-hybridized carbons (Fsp3) is 0.727. The molecule has 5 atom stereocenters. The summed E-state index contributed by atoms with van der Waals surface area (Å²) in [5.74, 6) is 3.04. The number of phenols is 1. The summed E-state index contributed by atoms with van der Waals surface area (Å²) in [6.45, 7) is 7.26. The molecule has 4 rings (SSSR count). The average Bonchev–Trinajstić information content (AvgIpc) is 2.94. The minimum absolute atomic E-state index is 0.0844. The normalized spacial score (nSPS) is 35.4. The first-order chi connectivity index (χ1) is 12.5. The van der Waals surface area contributed by atoms with Crippen LogP contribution in [0.3, 0.4) is 0 Å². The lowest BCUT2D eigenvalue weighted by Crippen LogP contribution is -2.44. The maximum Gasteiger partial charge on any atom is 0.201 e. The van der Waals surface area contributed by atoms with Gasteiger partial charge in [-0.2, -0.15) is 0 Å². The van der Waals surface area contributed by atoms with Crippen molar-refractivity contribution in [1.29, 1.82) is 0 Å². The highest BCUT2D eigenvalue weighted by Gasteiger charge is 2.54. The van der Waals surface area contributed by atoms with Crippen molar-refractivity contribution in [1.82, 2.24) is 0 Å². The molecular weight excluding hydrogens is 328 g/mol. The van der Waals surface area contributed by atoms with Crippen LogP contribution in [0, 0.1) is 17.3 Å². The van der Waals surface area contributed by atoms with Gasteiger partial charge in [0.15, 0.2) is 11.5 Å². The fourth-order valence-corrected chi connectivity index (χ4v) is 6.20. The minimum Gasteiger partial charge on any atom is -0.502 e. The molecule has 1 aromatic carbocycles. The predicted molar refractivity (Wildman–Crippen MR) is 101 cm³/mol. The Labute approximate surface area is 156 Å². The first-order valence-corrected chi connectivity index (χ1v) is 10.3. The number of phenolic OH excluding ortho intramolecular Hbond substituents is 1. The van der Waals surface area contributed by atoms with Crippen LogP contribution < -0.4 is 9.47 Å². The molecule has 144 valence electrons. The molecule has 1 aromatic rings. The number of hydrogen-bond acceptors (Lipinski definition) is 4. The number of aliphatic hydroxyl groups excluding tert-OH is 1. The molecule has 2 saturated carbocycles. The molecule has 3 aliphatic rings. The third-order valence-corrected chi connectivity index (χ3v) is 7.46. The number of fused-ring (bicyclic) bond motifs is 5. The Kier molecular flexibility index (Phi) is 4.58. The molecule has 3 aliphatic carbocycles. The van der Waals surface area contributed by atoms with E-state index >= 15 is 0 Å². The summed E-state index contributed by atoms with van der Waals surface area (Å²) in [7, 11) is 0. The van der Waals surface area contributed by atoms with Crippen molar-refractivity contribution in [2.24, 2.45) is 17.3 Å². The van der Waals surface area contributed by atoms with Gasteiger partial charge in [0, 0.05) is 5.56 Å². The van der Waals surface area contributed by atoms with Crippen molar-refractivity contribution in [2.75, 3.05) is 13.2 Å². The maximum absolute atomic E-state index is 10.6. The first kappa shape index (κ1) is 18.0. The van der Waals surface area contributed by atoms with Crippen LogP contribution in [0.2, 0.25) is 0 Å². The number of hydrogen-bond donors (Lipinski definition) is 2. The van der Waals surface area contributed by atoms with E-state index in [9.17, 15) is 10.2 Å². The van der Waals surface area contributed by atoms with E-state index in [2.05, 4.69) is 13.0 Å². The maximum atomic E-state index is 10.6. The Morgan fingerprint density at radius 1 is 1.12 bits per heavy atom. The van der Waals surface area contributed by atoms with Crippen molar-refractivity contribution in [3.05, 3.63) is 17.2 Å². The summed E-state index contributed by atoms with van der Waals surface area (Å²) >= 11 is 0. The van der Waals surface area contributed by atoms with Crippen LogP contribution in [0.15, 0.2) is 6.07 Å². The highest BCUT2D eigenvalue weighted by molar-refractivity contribution is 5.60. The molecular formula is C22H32O4. The number of rotatable bonds is 4. The number of ether oxygens (including phenoxy) is 2. The average molecular weight is 360 g/mol. The van der Waals surface area contributed by atoms with Gasteiger partial charge < -0.3 is 19.7 Å². The van der Waals surface area contributed by atoms with Crippen molar-refractivity contribution >= 4 is 0 Å². The van der Waals surface area contributed by atoms with Crippen LogP contribution >= 0.6 is 0 Å². The third kappa shape index (κ3) is 2.52. The van der Waals surface area contributed by atoms with Gasteiger partial charge in [-0.25, -0.2) is 0 Å². The second-order valence-electron chi connectivity index (χ2n) is 8.54. The molecule has 4 heteroatoms. The Morgan fingerprint density at radius 2 is 1.88 bits per heavy atom. The van der Waals surface area contributed by atoms with Gasteiger partial charge in [-0.15, -0.1) is 0 Å². The molecule has 0 saturated heterocycles. The summed E-state index contributed by atoms with van der Waals surface area (Å²) in [6, 6.07) is 2.07. The van der Waals surface area contributed by atoms with Crippen LogP contribution in [-0.4, -0.2) is 29.5 Å². The largest absolute Gasteiger partial charge is 0.502 e. The van der Waals surface area contributed by atoms with E-state index in [0.29, 0.717) is 42.5 Å². The second-order valence-corrected chi connectivity index (χ2v) is 8.54. The second kappa shape index (κ2) is 6.63. The standard InChI is InChI=1S/C22H32O4/c1-4-25-18-12-16-13-10-11-22(3)17(8-9-19(22)23)14(13)6-7-15(16)21(20(18)24)26-5-2/h12-14,17,19,23-24H,4-11H2,1-3H3/t13-,14+,17-,19-,22-/m0/s1. The smallest absolute Gasteiger partial charge is 0.201 e. The zero-order valence-electron chi connectivity index (χ0n) is 16.3. The SMILES string of the molecule is CCOc1cc2c(c(OCC)c1O)CC[C@@H]1[C@@H]2CC[C@]2(C)[C@@H](O)CC[C@@H]12. The van der Waals surface area contributed by atoms with E-state index in [1.807, 2.05) is 13.8 Å². The summed E-state index contributed by atoms with van der Waals surface area (Å²) in [4.78, 5) is 0. The van der Waals surface area contributed by atoms with Gasteiger partial charge in [0.1, 0.15) is 0 Å². The fourth-order valence-electron chi connectivity index (χ4n) is 6.20. The van der Waals surface area contributed by atoms with Crippen LogP contribution in [0.4, 0.5) is 0 Å². The molecule has 4 nitrogen and oxygen atoms in total. The van der Waals surface area contributed by atoms with Crippen LogP contribution in [0.5, 0.6) is 17.2 Å². The molecule has 26 heavy (non-hydrogen) atoms. The highest BCUT2D eigenvalue weighted by Crippen LogP contribution is 2.62. The molecule has 0 radical (unpaired) electrons. The van der Waals surface area contributed by atoms with Crippen molar-refractivity contribution in [3.8, 4) is 17.2 Å². The molecule has 0 aromatic heterocycles. The first-order valence-electron chi connectivity index (χ1n) is 10.3. The number of aliphatic hydroxyl groups is 1. The Morgan fingerprint density at radius 3 is 2.62 bits per heavy atom. The molecule has 0 bridgehead atoms. The van der Waals surface area contributed by atoms with E-state index in [0.717, 1.165) is 38.5 Å². The van der Waals surface area contributed by atoms with Gasteiger partial charge in [-0.05, 0) is 87.2 Å². The number of benzene rings is 1. The lowest BCUT2D eigenvalue weighted by Gasteiger charge is -2.50. The Hall–Kier alpha value is -1.42. The van der Waals surface area contributed by atoms with Crippen LogP contribution in [0.1, 0.15) is 69.9 Å². The van der Waals surface area contributed by atoms with Gasteiger partial charge in [0.05, 0.1) is 19.3 Å². The monoisotopic (exact) mass is 360 g/mol. The van der Waals surface area contributed by atoms with Gasteiger partial charge in [0.25, 0.3) is 0 Å². The zero-order chi connectivity index (χ0) is 18.5. The lowest BCUT2D eigenvalue weighted by molar-refractivity contribution is -0.0227. The van der Waals surface area contributed by atoms with E-state index in [-0.39, 0.29) is 17.3 Å². The van der Waals surface area contributed by atoms with Crippen LogP contribution in [-0.2, 0) is 6.42 Å². The quantitative estimate of drug-likeness (QED) is 0.835. The van der Waals surface area contributed by atoms with E-state index in [1.165, 1.54) is 11.1 Å². The summed E-state index contributed by atoms with van der Waals surface area (Å²) in [5.41, 5.74) is 2.58. The van der Waals surface area contributed by atoms with E-state index in [4.69, 9.17) is 9.47 Å². The Bertz CT molecular complexity index is 685. The molecule has 0 heterocycles. The minimum atomic E-state index is -0.146. The van der Waals surface area contributed by atoms with Crippen LogP contribution in [0.25, 0.3) is 0 Å². The van der Waals surface area contributed by atoms with Gasteiger partial charge in [0.2, 0.25) is 5.75 Å². The summed E-state index contributed by atoms with van der Waals surface area (Å²) < 4.78 is 11.6. The zero-order valence-corrected chi connectivity index (χ0v) is 16.3. The molecule has 2 fully saturated rings. The van der Waals surface area contributed by atoms with Crippen molar-refractivity contribution < 1.29 is 19.7 Å². The predicted octanol–water partition coefficient (Wildman–Crippen LogP) is 4.41. The molecule has 0 amide bonds. The summed E-state index contributed by atoms with van der Waals surface area (Å²) in [6.07, 6.45) is 6.18. The Balaban J connectivity index is 1.76. The van der Waals surface area contributed by atoms with E-state index in [1.54, 1.807) is 0 Å². The summed E-state index contributed by atoms with van der Waals surface area (Å²) in [5, 5.41) is 21.2. The van der Waals surface area contributed by atoms with Gasteiger partial charge in [-0.1, -0.05) is 6.92 Å². The van der Waals surface area contributed by atoms with Gasteiger partial charge in [-0.3, -0.25) is 0 Å². The third-order valence-electron chi connectivity index (χ3n) is 7.46. The topological polar surface area (TPSA) is 58.9 Å². The molecule has 0 unspecified atom stereocenters. The lowest BCUT2D eigenvalue weighted by atomic mass is 9.55. The van der Waals surface area contributed by atoms with Crippen molar-refractivity contribution in [2.45, 2.75) is 71.3 Å². The molecule has 2 N–H and O–H groups in total. The van der Waals surface area contributed by atoms with Gasteiger partial charge >= 0.3 is 0 Å². The molecule has 0 spiro atoms. The number of aromatic hydroxyl groups is 1. The molecule has 0 aliphatic heterocycles. The van der Waals surface area contributed by atoms with E-state index < -0.39 is 0 Å². The highest BCUT2D eigenvalue weighted by atomic mass is 16.5.